The molecular formula is C21H13N3OS3. The van der Waals surface area contributed by atoms with Crippen LogP contribution >= 0.6 is 34.4 Å². The standard InChI is InChI=1S/C21H13N3OS3/c22-11-14-19(18-6-3-9-26-18)13-10-12(7-8-16(13)25-20(14)23)27-21-24-15-4-1-2-5-17(15)28-21/h1-10,19H,23H2. The van der Waals surface area contributed by atoms with Gasteiger partial charge in [-0.15, -0.1) is 22.7 Å². The fourth-order valence-electron chi connectivity index (χ4n) is 3.25. The molecule has 0 spiro atoms. The lowest BCUT2D eigenvalue weighted by atomic mass is 9.88. The van der Waals surface area contributed by atoms with Crippen molar-refractivity contribution in [3.8, 4) is 11.8 Å². The Labute approximate surface area is 173 Å². The highest BCUT2D eigenvalue weighted by Crippen LogP contribution is 2.45. The van der Waals surface area contributed by atoms with Crippen LogP contribution in [0.25, 0.3) is 10.2 Å². The Morgan fingerprint density at radius 1 is 1.14 bits per heavy atom. The lowest BCUT2D eigenvalue weighted by molar-refractivity contribution is 0.393. The van der Waals surface area contributed by atoms with Crippen LogP contribution in [0.5, 0.6) is 5.75 Å². The molecule has 0 fully saturated rings. The lowest BCUT2D eigenvalue weighted by Crippen LogP contribution is -2.20. The first kappa shape index (κ1) is 17.3. The number of hydrogen-bond acceptors (Lipinski definition) is 7. The van der Waals surface area contributed by atoms with Crippen molar-refractivity contribution in [1.29, 1.82) is 5.26 Å². The number of aromatic nitrogens is 1. The van der Waals surface area contributed by atoms with E-state index in [1.165, 1.54) is 4.70 Å². The second-order valence-corrected chi connectivity index (χ2v) is 9.52. The number of nitriles is 1. The van der Waals surface area contributed by atoms with Gasteiger partial charge in [0.1, 0.15) is 17.4 Å². The number of allylic oxidation sites excluding steroid dienone is 1. The van der Waals surface area contributed by atoms with E-state index in [1.807, 2.05) is 47.8 Å². The Hall–Kier alpha value is -2.79. The van der Waals surface area contributed by atoms with Gasteiger partial charge < -0.3 is 10.5 Å². The van der Waals surface area contributed by atoms with Crippen molar-refractivity contribution < 1.29 is 4.74 Å². The van der Waals surface area contributed by atoms with Crippen molar-refractivity contribution in [3.05, 3.63) is 81.9 Å². The Balaban J connectivity index is 1.56. The molecule has 7 heteroatoms. The number of thiazole rings is 1. The van der Waals surface area contributed by atoms with Crippen LogP contribution in [0.2, 0.25) is 0 Å². The maximum Gasteiger partial charge on any atom is 0.205 e. The van der Waals surface area contributed by atoms with E-state index in [4.69, 9.17) is 15.5 Å². The number of para-hydroxylation sites is 1. The summed E-state index contributed by atoms with van der Waals surface area (Å²) in [6.07, 6.45) is 0. The van der Waals surface area contributed by atoms with Gasteiger partial charge in [0.25, 0.3) is 0 Å². The van der Waals surface area contributed by atoms with E-state index in [0.29, 0.717) is 11.3 Å². The number of fused-ring (bicyclic) bond motifs is 2. The smallest absolute Gasteiger partial charge is 0.205 e. The van der Waals surface area contributed by atoms with Crippen LogP contribution < -0.4 is 10.5 Å². The predicted molar refractivity (Wildman–Crippen MR) is 114 cm³/mol. The number of rotatable bonds is 3. The monoisotopic (exact) mass is 419 g/mol. The number of hydrogen-bond donors (Lipinski definition) is 1. The Kier molecular flexibility index (Phi) is 4.32. The van der Waals surface area contributed by atoms with Crippen LogP contribution in [0, 0.1) is 11.3 Å². The molecule has 2 N–H and O–H groups in total. The first-order valence-corrected chi connectivity index (χ1v) is 11.0. The lowest BCUT2D eigenvalue weighted by Gasteiger charge is -2.25. The zero-order valence-corrected chi connectivity index (χ0v) is 16.9. The van der Waals surface area contributed by atoms with Crippen molar-refractivity contribution >= 4 is 44.7 Å². The topological polar surface area (TPSA) is 71.9 Å². The molecule has 2 aromatic carbocycles. The molecule has 1 aliphatic heterocycles. The van der Waals surface area contributed by atoms with E-state index < -0.39 is 0 Å². The molecule has 0 radical (unpaired) electrons. The first-order chi connectivity index (χ1) is 13.7. The van der Waals surface area contributed by atoms with Crippen LogP contribution in [0.4, 0.5) is 0 Å². The van der Waals surface area contributed by atoms with Gasteiger partial charge >= 0.3 is 0 Å². The summed E-state index contributed by atoms with van der Waals surface area (Å²) in [6, 6.07) is 20.4. The van der Waals surface area contributed by atoms with Crippen molar-refractivity contribution in [2.75, 3.05) is 0 Å². The molecular weight excluding hydrogens is 406 g/mol. The summed E-state index contributed by atoms with van der Waals surface area (Å²) >= 11 is 4.91. The highest BCUT2D eigenvalue weighted by Gasteiger charge is 2.31. The fraction of sp³-hybridized carbons (Fsp3) is 0.0476. The highest BCUT2D eigenvalue weighted by molar-refractivity contribution is 8.01. The zero-order valence-electron chi connectivity index (χ0n) is 14.5. The minimum absolute atomic E-state index is 0.181. The van der Waals surface area contributed by atoms with Gasteiger partial charge in [-0.1, -0.05) is 30.0 Å². The van der Waals surface area contributed by atoms with Crippen LogP contribution in [0.3, 0.4) is 0 Å². The average molecular weight is 420 g/mol. The molecule has 5 rings (SSSR count). The summed E-state index contributed by atoms with van der Waals surface area (Å²) in [5.41, 5.74) is 8.45. The number of nitrogens with zero attached hydrogens (tertiary/aromatic N) is 2. The summed E-state index contributed by atoms with van der Waals surface area (Å²) < 4.78 is 7.89. The quantitative estimate of drug-likeness (QED) is 0.459. The van der Waals surface area contributed by atoms with E-state index in [-0.39, 0.29) is 11.8 Å². The van der Waals surface area contributed by atoms with E-state index >= 15 is 0 Å². The van der Waals surface area contributed by atoms with Crippen molar-refractivity contribution in [1.82, 2.24) is 4.98 Å². The molecule has 1 aliphatic rings. The molecule has 3 heterocycles. The largest absolute Gasteiger partial charge is 0.440 e. The second kappa shape index (κ2) is 6.99. The SMILES string of the molecule is N#CC1=C(N)Oc2ccc(Sc3nc4ccccc4s3)cc2C1c1cccs1. The normalized spacial score (nSPS) is 15.9. The van der Waals surface area contributed by atoms with Gasteiger partial charge in [0, 0.05) is 15.3 Å². The van der Waals surface area contributed by atoms with Crippen molar-refractivity contribution in [3.63, 3.8) is 0 Å². The second-order valence-electron chi connectivity index (χ2n) is 6.19. The molecule has 0 aliphatic carbocycles. The van der Waals surface area contributed by atoms with Gasteiger partial charge in [0.05, 0.1) is 16.1 Å². The van der Waals surface area contributed by atoms with Crippen molar-refractivity contribution in [2.45, 2.75) is 15.2 Å². The molecule has 1 unspecified atom stereocenters. The number of thiophene rings is 1. The number of ether oxygens (including phenoxy) is 1. The van der Waals surface area contributed by atoms with Crippen LogP contribution in [0.15, 0.2) is 80.7 Å². The predicted octanol–water partition coefficient (Wildman–Crippen LogP) is 5.73. The summed E-state index contributed by atoms with van der Waals surface area (Å²) in [5, 5.41) is 11.7. The van der Waals surface area contributed by atoms with Gasteiger partial charge in [0.2, 0.25) is 5.88 Å². The average Bonchev–Trinajstić information content (AvgIpc) is 3.36. The molecule has 0 amide bonds. The summed E-state index contributed by atoms with van der Waals surface area (Å²) in [7, 11) is 0. The van der Waals surface area contributed by atoms with E-state index in [2.05, 4.69) is 18.2 Å². The third-order valence-electron chi connectivity index (χ3n) is 4.49. The van der Waals surface area contributed by atoms with E-state index in [9.17, 15) is 5.26 Å². The molecule has 4 aromatic rings. The number of nitrogens with two attached hydrogens (primary N) is 1. The van der Waals surface area contributed by atoms with Crippen LogP contribution in [-0.4, -0.2) is 4.98 Å². The third kappa shape index (κ3) is 2.96. The van der Waals surface area contributed by atoms with E-state index in [1.54, 1.807) is 34.4 Å². The molecule has 0 saturated heterocycles. The summed E-state index contributed by atoms with van der Waals surface area (Å²) in [5.74, 6) is 0.674. The molecule has 2 aromatic heterocycles. The zero-order chi connectivity index (χ0) is 19.1. The van der Waals surface area contributed by atoms with Gasteiger partial charge in [0.15, 0.2) is 4.34 Å². The Bertz CT molecular complexity index is 1220. The summed E-state index contributed by atoms with van der Waals surface area (Å²) in [6.45, 7) is 0. The van der Waals surface area contributed by atoms with E-state index in [0.717, 1.165) is 25.2 Å². The molecule has 0 saturated carbocycles. The summed E-state index contributed by atoms with van der Waals surface area (Å²) in [4.78, 5) is 6.83. The van der Waals surface area contributed by atoms with Gasteiger partial charge in [-0.05, 0) is 41.8 Å². The highest BCUT2D eigenvalue weighted by atomic mass is 32.2. The molecule has 4 nitrogen and oxygen atoms in total. The molecule has 136 valence electrons. The minimum Gasteiger partial charge on any atom is -0.440 e. The Morgan fingerprint density at radius 2 is 2.04 bits per heavy atom. The third-order valence-corrected chi connectivity index (χ3v) is 7.52. The first-order valence-electron chi connectivity index (χ1n) is 8.51. The molecule has 28 heavy (non-hydrogen) atoms. The minimum atomic E-state index is -0.204. The molecule has 1 atom stereocenters. The van der Waals surface area contributed by atoms with Gasteiger partial charge in [-0.25, -0.2) is 4.98 Å². The maximum atomic E-state index is 9.66. The van der Waals surface area contributed by atoms with Gasteiger partial charge in [-0.3, -0.25) is 0 Å². The van der Waals surface area contributed by atoms with Gasteiger partial charge in [-0.2, -0.15) is 5.26 Å². The van der Waals surface area contributed by atoms with Crippen molar-refractivity contribution in [2.24, 2.45) is 5.73 Å². The van der Waals surface area contributed by atoms with Crippen LogP contribution in [0.1, 0.15) is 16.4 Å². The Morgan fingerprint density at radius 3 is 2.82 bits per heavy atom. The van der Waals surface area contributed by atoms with Crippen LogP contribution in [-0.2, 0) is 0 Å². The molecule has 0 bridgehead atoms. The number of benzene rings is 2. The fourth-order valence-corrected chi connectivity index (χ4v) is 6.19. The maximum absolute atomic E-state index is 9.66.